The smallest absolute Gasteiger partial charge is 0.315 e. The van der Waals surface area contributed by atoms with E-state index >= 15 is 0 Å². The molecule has 0 aliphatic rings. The van der Waals surface area contributed by atoms with Crippen LogP contribution in [0.3, 0.4) is 0 Å². The van der Waals surface area contributed by atoms with Crippen LogP contribution in [0.2, 0.25) is 0 Å². The molecule has 3 N–H and O–H groups in total. The molecule has 0 aromatic carbocycles. The first-order valence-corrected chi connectivity index (χ1v) is 7.08. The zero-order valence-corrected chi connectivity index (χ0v) is 12.6. The van der Waals surface area contributed by atoms with E-state index in [-0.39, 0.29) is 12.5 Å². The Morgan fingerprint density at radius 2 is 1.89 bits per heavy atom. The summed E-state index contributed by atoms with van der Waals surface area (Å²) in [5.74, 6) is -0.423. The number of rotatable bonds is 9. The van der Waals surface area contributed by atoms with E-state index in [9.17, 15) is 9.59 Å². The molecule has 0 saturated carbocycles. The molecule has 5 heteroatoms. The minimum absolute atomic E-state index is 0.0898. The molecule has 0 radical (unpaired) electrons. The molecule has 0 fully saturated rings. The summed E-state index contributed by atoms with van der Waals surface area (Å²) in [6.07, 6.45) is 4.40. The maximum Gasteiger partial charge on any atom is 0.315 e. The van der Waals surface area contributed by atoms with E-state index in [1.165, 1.54) is 6.42 Å². The lowest BCUT2D eigenvalue weighted by Crippen LogP contribution is -2.50. The zero-order chi connectivity index (χ0) is 14.9. The van der Waals surface area contributed by atoms with Crippen molar-refractivity contribution in [3.63, 3.8) is 0 Å². The van der Waals surface area contributed by atoms with Crippen molar-refractivity contribution < 1.29 is 14.7 Å². The number of aliphatic carboxylic acids is 1. The lowest BCUT2D eigenvalue weighted by atomic mass is 9.99. The summed E-state index contributed by atoms with van der Waals surface area (Å²) in [5.41, 5.74) is -0.735. The van der Waals surface area contributed by atoms with Gasteiger partial charge in [-0.05, 0) is 26.2 Å². The Morgan fingerprint density at radius 1 is 1.26 bits per heavy atom. The second kappa shape index (κ2) is 8.77. The van der Waals surface area contributed by atoms with Gasteiger partial charge in [-0.1, -0.05) is 33.1 Å². The Labute approximate surface area is 116 Å². The van der Waals surface area contributed by atoms with Crippen molar-refractivity contribution in [3.05, 3.63) is 0 Å². The number of hydrogen-bond donors (Lipinski definition) is 3. The minimum Gasteiger partial charge on any atom is -0.481 e. The Hall–Kier alpha value is -1.26. The van der Waals surface area contributed by atoms with E-state index in [0.29, 0.717) is 12.5 Å². The Bertz CT molecular complexity index is 290. The van der Waals surface area contributed by atoms with Crippen molar-refractivity contribution in [1.29, 1.82) is 0 Å². The molecule has 0 rings (SSSR count). The molecule has 2 amide bonds. The third kappa shape index (κ3) is 9.33. The highest BCUT2D eigenvalue weighted by atomic mass is 16.4. The van der Waals surface area contributed by atoms with Gasteiger partial charge >= 0.3 is 12.0 Å². The van der Waals surface area contributed by atoms with Gasteiger partial charge in [0.15, 0.2) is 0 Å². The van der Waals surface area contributed by atoms with Crippen molar-refractivity contribution >= 4 is 12.0 Å². The molecule has 112 valence electrons. The third-order valence-corrected chi connectivity index (χ3v) is 3.14. The van der Waals surface area contributed by atoms with E-state index in [1.54, 1.807) is 13.8 Å². The summed E-state index contributed by atoms with van der Waals surface area (Å²) in [6, 6.07) is -0.291. The minimum atomic E-state index is -0.917. The number of hydrogen-bond acceptors (Lipinski definition) is 2. The van der Waals surface area contributed by atoms with Crippen molar-refractivity contribution in [1.82, 2.24) is 10.6 Å². The highest BCUT2D eigenvalue weighted by Gasteiger charge is 2.23. The quantitative estimate of drug-likeness (QED) is 0.604. The number of urea groups is 1. The molecule has 1 unspecified atom stereocenters. The van der Waals surface area contributed by atoms with Gasteiger partial charge in [-0.3, -0.25) is 4.79 Å². The number of nitrogens with one attached hydrogen (secondary N) is 2. The average molecular weight is 272 g/mol. The van der Waals surface area contributed by atoms with E-state index in [2.05, 4.69) is 24.5 Å². The molecule has 0 aliphatic carbocycles. The Kier molecular flexibility index (Phi) is 8.19. The summed E-state index contributed by atoms with van der Waals surface area (Å²) < 4.78 is 0. The van der Waals surface area contributed by atoms with Crippen LogP contribution in [0.5, 0.6) is 0 Å². The van der Waals surface area contributed by atoms with Crippen LogP contribution in [0.25, 0.3) is 0 Å². The van der Waals surface area contributed by atoms with Crippen molar-refractivity contribution in [3.8, 4) is 0 Å². The van der Waals surface area contributed by atoms with Gasteiger partial charge in [0.25, 0.3) is 0 Å². The SMILES string of the molecule is CCCCC(CC)CNC(=O)NC(C)(C)CC(=O)O. The summed E-state index contributed by atoms with van der Waals surface area (Å²) in [7, 11) is 0. The van der Waals surface area contributed by atoms with Gasteiger partial charge in [-0.25, -0.2) is 4.79 Å². The average Bonchev–Trinajstić information content (AvgIpc) is 2.26. The predicted octanol–water partition coefficient (Wildman–Crippen LogP) is 2.76. The number of carboxylic acids is 1. The molecular formula is C14H28N2O3. The molecular weight excluding hydrogens is 244 g/mol. The topological polar surface area (TPSA) is 78.4 Å². The zero-order valence-electron chi connectivity index (χ0n) is 12.6. The fourth-order valence-electron chi connectivity index (χ4n) is 1.95. The van der Waals surface area contributed by atoms with E-state index < -0.39 is 11.5 Å². The van der Waals surface area contributed by atoms with Crippen LogP contribution >= 0.6 is 0 Å². The van der Waals surface area contributed by atoms with Crippen LogP contribution < -0.4 is 10.6 Å². The molecule has 1 atom stereocenters. The maximum atomic E-state index is 11.7. The lowest BCUT2D eigenvalue weighted by molar-refractivity contribution is -0.138. The second-order valence-corrected chi connectivity index (χ2v) is 5.71. The van der Waals surface area contributed by atoms with Crippen LogP contribution in [-0.2, 0) is 4.79 Å². The van der Waals surface area contributed by atoms with Crippen LogP contribution in [0.15, 0.2) is 0 Å². The van der Waals surface area contributed by atoms with Crippen LogP contribution in [0, 0.1) is 5.92 Å². The summed E-state index contributed by atoms with van der Waals surface area (Å²) in [5, 5.41) is 14.3. The first kappa shape index (κ1) is 17.7. The predicted molar refractivity (Wildman–Crippen MR) is 76.2 cm³/mol. The number of unbranched alkanes of at least 4 members (excludes halogenated alkanes) is 1. The normalized spacial score (nSPS) is 12.8. The first-order chi connectivity index (χ1) is 8.80. The van der Waals surface area contributed by atoms with Gasteiger partial charge in [0, 0.05) is 12.1 Å². The summed E-state index contributed by atoms with van der Waals surface area (Å²) in [4.78, 5) is 22.4. The molecule has 0 heterocycles. The van der Waals surface area contributed by atoms with Crippen LogP contribution in [0.4, 0.5) is 4.79 Å². The molecule has 5 nitrogen and oxygen atoms in total. The Balaban J connectivity index is 4.06. The fraction of sp³-hybridized carbons (Fsp3) is 0.857. The number of carbonyl (C=O) groups is 2. The van der Waals surface area contributed by atoms with Gasteiger partial charge in [0.05, 0.1) is 6.42 Å². The molecule has 19 heavy (non-hydrogen) atoms. The highest BCUT2D eigenvalue weighted by Crippen LogP contribution is 2.11. The fourth-order valence-corrected chi connectivity index (χ4v) is 1.95. The molecule has 0 saturated heterocycles. The summed E-state index contributed by atoms with van der Waals surface area (Å²) in [6.45, 7) is 8.32. The van der Waals surface area contributed by atoms with Crippen molar-refractivity contribution in [2.75, 3.05) is 6.54 Å². The molecule has 0 aromatic heterocycles. The first-order valence-electron chi connectivity index (χ1n) is 7.08. The van der Waals surface area contributed by atoms with Gasteiger partial charge < -0.3 is 15.7 Å². The molecule has 0 spiro atoms. The van der Waals surface area contributed by atoms with Gasteiger partial charge in [-0.2, -0.15) is 0 Å². The third-order valence-electron chi connectivity index (χ3n) is 3.14. The highest BCUT2D eigenvalue weighted by molar-refractivity contribution is 5.76. The molecule has 0 aliphatic heterocycles. The largest absolute Gasteiger partial charge is 0.481 e. The molecule has 0 aromatic rings. The van der Waals surface area contributed by atoms with Gasteiger partial charge in [-0.15, -0.1) is 0 Å². The lowest BCUT2D eigenvalue weighted by Gasteiger charge is -2.25. The summed E-state index contributed by atoms with van der Waals surface area (Å²) >= 11 is 0. The number of carboxylic acid groups (broad SMARTS) is 1. The van der Waals surface area contributed by atoms with Crippen LogP contribution in [0.1, 0.15) is 59.8 Å². The van der Waals surface area contributed by atoms with Crippen molar-refractivity contribution in [2.24, 2.45) is 5.92 Å². The van der Waals surface area contributed by atoms with Gasteiger partial charge in [0.2, 0.25) is 0 Å². The van der Waals surface area contributed by atoms with Crippen molar-refractivity contribution in [2.45, 2.75) is 65.3 Å². The molecule has 0 bridgehead atoms. The monoisotopic (exact) mass is 272 g/mol. The van der Waals surface area contributed by atoms with Gasteiger partial charge in [0.1, 0.15) is 0 Å². The van der Waals surface area contributed by atoms with Crippen LogP contribution in [-0.4, -0.2) is 29.2 Å². The number of carbonyl (C=O) groups excluding carboxylic acids is 1. The maximum absolute atomic E-state index is 11.7. The second-order valence-electron chi connectivity index (χ2n) is 5.71. The Morgan fingerprint density at radius 3 is 2.37 bits per heavy atom. The standard InChI is InChI=1S/C14H28N2O3/c1-5-7-8-11(6-2)10-15-13(19)16-14(3,4)9-12(17)18/h11H,5-10H2,1-4H3,(H,17,18)(H2,15,16,19). The van der Waals surface area contributed by atoms with E-state index in [1.807, 2.05) is 0 Å². The number of amides is 2. The van der Waals surface area contributed by atoms with E-state index in [0.717, 1.165) is 19.3 Å². The van der Waals surface area contributed by atoms with E-state index in [4.69, 9.17) is 5.11 Å².